The number of aldehydes is 1. The van der Waals surface area contributed by atoms with Crippen LogP contribution >= 0.6 is 0 Å². The average Bonchev–Trinajstić information content (AvgIpc) is 2.49. The molecule has 0 aliphatic rings. The van der Waals surface area contributed by atoms with Crippen LogP contribution in [0.4, 0.5) is 0 Å². The Kier molecular flexibility index (Phi) is 7.60. The van der Waals surface area contributed by atoms with Gasteiger partial charge in [-0.3, -0.25) is 4.79 Å². The molecule has 0 unspecified atom stereocenters. The summed E-state index contributed by atoms with van der Waals surface area (Å²) in [5, 5.41) is 11.7. The number of hydrogen-bond acceptors (Lipinski definition) is 2. The maximum Gasteiger partial charge on any atom is 0.153 e. The van der Waals surface area contributed by atoms with Gasteiger partial charge in [-0.15, -0.1) is 0 Å². The summed E-state index contributed by atoms with van der Waals surface area (Å²) < 4.78 is 0. The third-order valence-electron chi connectivity index (χ3n) is 3.15. The van der Waals surface area contributed by atoms with Crippen LogP contribution in [0, 0.1) is 20.8 Å². The van der Waals surface area contributed by atoms with E-state index in [9.17, 15) is 9.90 Å². The predicted octanol–water partition coefficient (Wildman–Crippen LogP) is 5.34. The van der Waals surface area contributed by atoms with E-state index < -0.39 is 0 Å². The molecule has 2 rings (SSSR count). The quantitative estimate of drug-likeness (QED) is 0.713. The van der Waals surface area contributed by atoms with Gasteiger partial charge in [0.1, 0.15) is 5.75 Å². The Morgan fingerprint density at radius 1 is 0.850 bits per heavy atom. The number of carbonyl (C=O) groups excluding carboxylic acids is 1. The lowest BCUT2D eigenvalue weighted by Crippen LogP contribution is -1.90. The van der Waals surface area contributed by atoms with Crippen LogP contribution < -0.4 is 0 Å². The summed E-state index contributed by atoms with van der Waals surface area (Å²) in [6.07, 6.45) is 0.686. The van der Waals surface area contributed by atoms with E-state index in [4.69, 9.17) is 0 Å². The minimum Gasteiger partial charge on any atom is -0.507 e. The van der Waals surface area contributed by atoms with Crippen molar-refractivity contribution >= 4 is 17.1 Å². The number of phenols is 1. The van der Waals surface area contributed by atoms with Gasteiger partial charge in [0.2, 0.25) is 0 Å². The average molecular weight is 274 g/mol. The molecule has 0 atom stereocenters. The maximum absolute atomic E-state index is 10.8. The first-order valence-corrected chi connectivity index (χ1v) is 7.23. The standard InChI is InChI=1S/C14H14O2.2C2H6/c1-8-4-9(2)12-6-14(16)11(7-15)5-13(12)10(8)3;2*1-2/h4-7,16H,1-3H3;2*1-2H3. The second-order valence-corrected chi connectivity index (χ2v) is 4.21. The van der Waals surface area contributed by atoms with Crippen molar-refractivity contribution in [3.8, 4) is 5.75 Å². The summed E-state index contributed by atoms with van der Waals surface area (Å²) in [4.78, 5) is 10.8. The number of fused-ring (bicyclic) bond motifs is 1. The van der Waals surface area contributed by atoms with Crippen LogP contribution in [0.25, 0.3) is 10.8 Å². The van der Waals surface area contributed by atoms with Gasteiger partial charge in [-0.2, -0.15) is 0 Å². The summed E-state index contributed by atoms with van der Waals surface area (Å²) in [6.45, 7) is 14.1. The molecule has 20 heavy (non-hydrogen) atoms. The van der Waals surface area contributed by atoms with Crippen molar-refractivity contribution in [2.45, 2.75) is 48.5 Å². The first kappa shape index (κ1) is 18.2. The SMILES string of the molecule is CC.CC.Cc1cc(C)c2cc(O)c(C=O)cc2c1C. The van der Waals surface area contributed by atoms with Crippen LogP contribution in [-0.4, -0.2) is 11.4 Å². The zero-order chi connectivity index (χ0) is 15.9. The lowest BCUT2D eigenvalue weighted by Gasteiger charge is -2.10. The molecule has 0 spiro atoms. The van der Waals surface area contributed by atoms with E-state index in [0.717, 1.165) is 21.9 Å². The molecule has 2 nitrogen and oxygen atoms in total. The molecule has 0 fully saturated rings. The minimum absolute atomic E-state index is 0.0499. The van der Waals surface area contributed by atoms with E-state index in [1.165, 1.54) is 5.56 Å². The third-order valence-corrected chi connectivity index (χ3v) is 3.15. The first-order chi connectivity index (χ1) is 9.54. The molecule has 0 saturated heterocycles. The molecule has 0 aliphatic carbocycles. The minimum atomic E-state index is 0.0499. The van der Waals surface area contributed by atoms with Crippen LogP contribution in [0.5, 0.6) is 5.75 Å². The van der Waals surface area contributed by atoms with E-state index in [-0.39, 0.29) is 5.75 Å². The topological polar surface area (TPSA) is 37.3 Å². The Morgan fingerprint density at radius 2 is 1.40 bits per heavy atom. The molecule has 0 heterocycles. The number of aromatic hydroxyl groups is 1. The highest BCUT2D eigenvalue weighted by atomic mass is 16.3. The molecule has 0 aliphatic heterocycles. The Balaban J connectivity index is 0.000000829. The fraction of sp³-hybridized carbons (Fsp3) is 0.389. The van der Waals surface area contributed by atoms with E-state index in [0.29, 0.717) is 11.8 Å². The fourth-order valence-corrected chi connectivity index (χ4v) is 2.06. The Bertz CT molecular complexity index is 584. The monoisotopic (exact) mass is 274 g/mol. The van der Waals surface area contributed by atoms with Crippen molar-refractivity contribution < 1.29 is 9.90 Å². The van der Waals surface area contributed by atoms with Gasteiger partial charge in [0.05, 0.1) is 5.56 Å². The van der Waals surface area contributed by atoms with Gasteiger partial charge >= 0.3 is 0 Å². The van der Waals surface area contributed by atoms with Gasteiger partial charge in [-0.1, -0.05) is 33.8 Å². The van der Waals surface area contributed by atoms with Crippen LogP contribution in [0.2, 0.25) is 0 Å². The Hall–Kier alpha value is -1.83. The maximum atomic E-state index is 10.8. The van der Waals surface area contributed by atoms with E-state index in [1.54, 1.807) is 12.1 Å². The van der Waals surface area contributed by atoms with Gasteiger partial charge in [-0.05, 0) is 60.4 Å². The van der Waals surface area contributed by atoms with E-state index in [1.807, 2.05) is 41.5 Å². The lowest BCUT2D eigenvalue weighted by atomic mass is 9.95. The van der Waals surface area contributed by atoms with E-state index >= 15 is 0 Å². The summed E-state index contributed by atoms with van der Waals surface area (Å²) in [6, 6.07) is 5.52. The summed E-state index contributed by atoms with van der Waals surface area (Å²) in [7, 11) is 0. The highest BCUT2D eigenvalue weighted by molar-refractivity contribution is 5.96. The molecule has 0 saturated carbocycles. The second-order valence-electron chi connectivity index (χ2n) is 4.21. The highest BCUT2D eigenvalue weighted by Gasteiger charge is 2.08. The summed E-state index contributed by atoms with van der Waals surface area (Å²) in [5.74, 6) is 0.0499. The number of hydrogen-bond donors (Lipinski definition) is 1. The molecule has 0 radical (unpaired) electrons. The molecule has 1 N–H and O–H groups in total. The number of phenolic OH excluding ortho intramolecular Hbond substituents is 1. The normalized spacial score (nSPS) is 9.15. The fourth-order valence-electron chi connectivity index (χ4n) is 2.06. The summed E-state index contributed by atoms with van der Waals surface area (Å²) in [5.41, 5.74) is 3.82. The first-order valence-electron chi connectivity index (χ1n) is 7.23. The molecular weight excluding hydrogens is 248 g/mol. The number of carbonyl (C=O) groups is 1. The molecular formula is C18H26O2. The number of aryl methyl sites for hydroxylation is 3. The highest BCUT2D eigenvalue weighted by Crippen LogP contribution is 2.30. The molecule has 110 valence electrons. The van der Waals surface area contributed by atoms with Gasteiger partial charge in [0.15, 0.2) is 6.29 Å². The van der Waals surface area contributed by atoms with Crippen molar-refractivity contribution in [1.29, 1.82) is 0 Å². The van der Waals surface area contributed by atoms with Crippen molar-refractivity contribution in [1.82, 2.24) is 0 Å². The lowest BCUT2D eigenvalue weighted by molar-refractivity contribution is 0.112. The zero-order valence-corrected chi connectivity index (χ0v) is 13.7. The van der Waals surface area contributed by atoms with Crippen LogP contribution in [0.15, 0.2) is 18.2 Å². The number of rotatable bonds is 1. The van der Waals surface area contributed by atoms with Crippen LogP contribution in [-0.2, 0) is 0 Å². The molecule has 2 heteroatoms. The van der Waals surface area contributed by atoms with Gasteiger partial charge in [0, 0.05) is 0 Å². The summed E-state index contributed by atoms with van der Waals surface area (Å²) >= 11 is 0. The molecule has 2 aromatic carbocycles. The van der Waals surface area contributed by atoms with Gasteiger partial charge in [-0.25, -0.2) is 0 Å². The van der Waals surface area contributed by atoms with Crippen LogP contribution in [0.1, 0.15) is 54.7 Å². The largest absolute Gasteiger partial charge is 0.507 e. The van der Waals surface area contributed by atoms with Crippen LogP contribution in [0.3, 0.4) is 0 Å². The second kappa shape index (κ2) is 8.36. The molecule has 0 amide bonds. The van der Waals surface area contributed by atoms with Crippen molar-refractivity contribution in [3.05, 3.63) is 40.5 Å². The third kappa shape index (κ3) is 3.60. The van der Waals surface area contributed by atoms with E-state index in [2.05, 4.69) is 13.0 Å². The molecule has 0 aromatic heterocycles. The van der Waals surface area contributed by atoms with Gasteiger partial charge < -0.3 is 5.11 Å². The predicted molar refractivity (Wildman–Crippen MR) is 87.9 cm³/mol. The van der Waals surface area contributed by atoms with Crippen molar-refractivity contribution in [3.63, 3.8) is 0 Å². The number of benzene rings is 2. The Labute approximate surface area is 122 Å². The van der Waals surface area contributed by atoms with Gasteiger partial charge in [0.25, 0.3) is 0 Å². The van der Waals surface area contributed by atoms with Crippen molar-refractivity contribution in [2.75, 3.05) is 0 Å². The Morgan fingerprint density at radius 3 is 1.90 bits per heavy atom. The molecule has 2 aromatic rings. The zero-order valence-electron chi connectivity index (χ0n) is 13.7. The molecule has 0 bridgehead atoms. The van der Waals surface area contributed by atoms with Crippen molar-refractivity contribution in [2.24, 2.45) is 0 Å². The smallest absolute Gasteiger partial charge is 0.153 e.